The molecular formula is C20H31N3O4S. The van der Waals surface area contributed by atoms with Crippen LogP contribution in [-0.2, 0) is 14.8 Å². The molecule has 2 amide bonds. The normalized spacial score (nSPS) is 15.5. The molecule has 0 aliphatic heterocycles. The zero-order valence-corrected chi connectivity index (χ0v) is 18.0. The first kappa shape index (κ1) is 22.4. The van der Waals surface area contributed by atoms with Gasteiger partial charge in [-0.3, -0.25) is 9.59 Å². The number of aryl methyl sites for hydroxylation is 1. The molecule has 1 saturated carbocycles. The van der Waals surface area contributed by atoms with Gasteiger partial charge in [0.25, 0.3) is 5.91 Å². The zero-order chi connectivity index (χ0) is 20.9. The minimum atomic E-state index is -3.64. The van der Waals surface area contributed by atoms with Gasteiger partial charge in [-0.25, -0.2) is 12.7 Å². The first-order valence-electron chi connectivity index (χ1n) is 9.74. The topological polar surface area (TPSA) is 95.6 Å². The number of sulfonamides is 1. The Morgan fingerprint density at radius 1 is 1.04 bits per heavy atom. The first-order valence-corrected chi connectivity index (χ1v) is 11.2. The summed E-state index contributed by atoms with van der Waals surface area (Å²) in [4.78, 5) is 24.7. The highest BCUT2D eigenvalue weighted by Gasteiger charge is 2.23. The number of nitrogens with zero attached hydrogens (tertiary/aromatic N) is 1. The van der Waals surface area contributed by atoms with E-state index in [1.54, 1.807) is 19.9 Å². The molecule has 1 fully saturated rings. The number of carbonyl (C=O) groups is 2. The van der Waals surface area contributed by atoms with Gasteiger partial charge in [-0.2, -0.15) is 0 Å². The second-order valence-corrected chi connectivity index (χ2v) is 9.71. The summed E-state index contributed by atoms with van der Waals surface area (Å²) in [6, 6.07) is 3.09. The van der Waals surface area contributed by atoms with Crippen LogP contribution in [0.25, 0.3) is 0 Å². The molecule has 1 aliphatic rings. The fourth-order valence-electron chi connectivity index (χ4n) is 3.40. The lowest BCUT2D eigenvalue weighted by Gasteiger charge is -2.20. The summed E-state index contributed by atoms with van der Waals surface area (Å²) in [5, 5.41) is 5.62. The number of hydrogen-bond donors (Lipinski definition) is 2. The molecule has 7 nitrogen and oxygen atoms in total. The molecule has 2 rings (SSSR count). The molecule has 0 heterocycles. The summed E-state index contributed by atoms with van der Waals surface area (Å²) in [7, 11) is -0.710. The number of rotatable bonds is 7. The molecule has 0 atom stereocenters. The molecule has 1 aromatic rings. The monoisotopic (exact) mass is 409 g/mol. The number of benzene rings is 1. The summed E-state index contributed by atoms with van der Waals surface area (Å²) < 4.78 is 26.2. The highest BCUT2D eigenvalue weighted by atomic mass is 32.2. The molecule has 0 spiro atoms. The predicted molar refractivity (Wildman–Crippen MR) is 109 cm³/mol. The van der Waals surface area contributed by atoms with Crippen LogP contribution < -0.4 is 10.6 Å². The van der Waals surface area contributed by atoms with Gasteiger partial charge in [0.05, 0.1) is 4.90 Å². The van der Waals surface area contributed by atoms with Gasteiger partial charge in [0.1, 0.15) is 0 Å². The molecule has 0 bridgehead atoms. The van der Waals surface area contributed by atoms with E-state index in [0.717, 1.165) is 35.6 Å². The van der Waals surface area contributed by atoms with Gasteiger partial charge < -0.3 is 10.6 Å². The van der Waals surface area contributed by atoms with Crippen LogP contribution in [0.1, 0.15) is 53.6 Å². The van der Waals surface area contributed by atoms with E-state index in [0.29, 0.717) is 24.2 Å². The molecular weight excluding hydrogens is 378 g/mol. The highest BCUT2D eigenvalue weighted by molar-refractivity contribution is 7.89. The SMILES string of the molecule is Cc1cc(C(=O)NCCNC(=O)C2CCCCC2)cc(S(=O)(=O)N(C)C)c1C. The van der Waals surface area contributed by atoms with Gasteiger partial charge in [0.15, 0.2) is 0 Å². The van der Waals surface area contributed by atoms with Crippen LogP contribution in [0.4, 0.5) is 0 Å². The quantitative estimate of drug-likeness (QED) is 0.673. The van der Waals surface area contributed by atoms with Gasteiger partial charge in [-0.05, 0) is 49.9 Å². The van der Waals surface area contributed by atoms with Crippen LogP contribution in [0, 0.1) is 19.8 Å². The van der Waals surface area contributed by atoms with Crippen molar-refractivity contribution in [3.05, 3.63) is 28.8 Å². The summed E-state index contributed by atoms with van der Waals surface area (Å²) in [6.07, 6.45) is 5.26. The molecule has 156 valence electrons. The summed E-state index contributed by atoms with van der Waals surface area (Å²) >= 11 is 0. The van der Waals surface area contributed by atoms with Crippen LogP contribution in [0.15, 0.2) is 17.0 Å². The fraction of sp³-hybridized carbons (Fsp3) is 0.600. The Labute approximate surface area is 167 Å². The van der Waals surface area contributed by atoms with Crippen LogP contribution >= 0.6 is 0 Å². The third-order valence-corrected chi connectivity index (χ3v) is 7.27. The number of nitrogens with one attached hydrogen (secondary N) is 2. The molecule has 1 aliphatic carbocycles. The predicted octanol–water partition coefficient (Wildman–Crippen LogP) is 1.98. The lowest BCUT2D eigenvalue weighted by molar-refractivity contribution is -0.125. The van der Waals surface area contributed by atoms with Crippen molar-refractivity contribution in [1.29, 1.82) is 0 Å². The Morgan fingerprint density at radius 3 is 2.25 bits per heavy atom. The molecule has 0 saturated heterocycles. The Hall–Kier alpha value is -1.93. The van der Waals surface area contributed by atoms with Gasteiger partial charge in [-0.15, -0.1) is 0 Å². The van der Waals surface area contributed by atoms with Gasteiger partial charge in [0.2, 0.25) is 15.9 Å². The standard InChI is InChI=1S/C20H31N3O4S/c1-14-12-17(13-18(15(14)2)28(26,27)23(3)4)20(25)22-11-10-21-19(24)16-8-6-5-7-9-16/h12-13,16H,5-11H2,1-4H3,(H,21,24)(H,22,25). The average Bonchev–Trinajstić information content (AvgIpc) is 2.67. The lowest BCUT2D eigenvalue weighted by Crippen LogP contribution is -2.38. The minimum Gasteiger partial charge on any atom is -0.354 e. The van der Waals surface area contributed by atoms with Crippen LogP contribution in [-0.4, -0.2) is 51.7 Å². The second kappa shape index (κ2) is 9.52. The van der Waals surface area contributed by atoms with Crippen molar-refractivity contribution in [2.75, 3.05) is 27.2 Å². The Bertz CT molecular complexity index is 828. The van der Waals surface area contributed by atoms with Crippen LogP contribution in [0.2, 0.25) is 0 Å². The van der Waals surface area contributed by atoms with Gasteiger partial charge in [-0.1, -0.05) is 19.3 Å². The molecule has 0 radical (unpaired) electrons. The Morgan fingerprint density at radius 2 is 1.64 bits per heavy atom. The van der Waals surface area contributed by atoms with E-state index < -0.39 is 10.0 Å². The third kappa shape index (κ3) is 5.32. The summed E-state index contributed by atoms with van der Waals surface area (Å²) in [5.41, 5.74) is 1.66. The van der Waals surface area contributed by atoms with Crippen LogP contribution in [0.5, 0.6) is 0 Å². The van der Waals surface area contributed by atoms with Crippen molar-refractivity contribution in [3.63, 3.8) is 0 Å². The highest BCUT2D eigenvalue weighted by Crippen LogP contribution is 2.24. The fourth-order valence-corrected chi connectivity index (χ4v) is 4.61. The second-order valence-electron chi connectivity index (χ2n) is 7.59. The largest absolute Gasteiger partial charge is 0.354 e. The van der Waals surface area contributed by atoms with E-state index in [1.807, 2.05) is 0 Å². The zero-order valence-electron chi connectivity index (χ0n) is 17.2. The first-order chi connectivity index (χ1) is 13.1. The molecule has 28 heavy (non-hydrogen) atoms. The Balaban J connectivity index is 1.97. The van der Waals surface area contributed by atoms with E-state index >= 15 is 0 Å². The maximum Gasteiger partial charge on any atom is 0.251 e. The third-order valence-electron chi connectivity index (χ3n) is 5.33. The van der Waals surface area contributed by atoms with Crippen molar-refractivity contribution in [1.82, 2.24) is 14.9 Å². The summed E-state index contributed by atoms with van der Waals surface area (Å²) in [5.74, 6) is -0.215. The van der Waals surface area contributed by atoms with Gasteiger partial charge in [0, 0.05) is 38.7 Å². The summed E-state index contributed by atoms with van der Waals surface area (Å²) in [6.45, 7) is 4.16. The molecule has 2 N–H and O–H groups in total. The van der Waals surface area contributed by atoms with E-state index in [-0.39, 0.29) is 22.6 Å². The van der Waals surface area contributed by atoms with E-state index in [1.165, 1.54) is 26.6 Å². The van der Waals surface area contributed by atoms with Crippen molar-refractivity contribution in [2.24, 2.45) is 5.92 Å². The molecule has 1 aromatic carbocycles. The molecule has 0 unspecified atom stereocenters. The molecule has 0 aromatic heterocycles. The van der Waals surface area contributed by atoms with Crippen molar-refractivity contribution < 1.29 is 18.0 Å². The average molecular weight is 410 g/mol. The maximum absolute atomic E-state index is 12.5. The van der Waals surface area contributed by atoms with Crippen LogP contribution in [0.3, 0.4) is 0 Å². The number of carbonyl (C=O) groups excluding carboxylic acids is 2. The lowest BCUT2D eigenvalue weighted by atomic mass is 9.89. The van der Waals surface area contributed by atoms with E-state index in [9.17, 15) is 18.0 Å². The van der Waals surface area contributed by atoms with E-state index in [2.05, 4.69) is 10.6 Å². The smallest absolute Gasteiger partial charge is 0.251 e. The number of amides is 2. The maximum atomic E-state index is 12.5. The minimum absolute atomic E-state index is 0.0551. The number of hydrogen-bond acceptors (Lipinski definition) is 4. The Kier molecular flexibility index (Phi) is 7.60. The molecule has 8 heteroatoms. The van der Waals surface area contributed by atoms with Crippen molar-refractivity contribution in [2.45, 2.75) is 50.8 Å². The van der Waals surface area contributed by atoms with Crippen molar-refractivity contribution in [3.8, 4) is 0 Å². The van der Waals surface area contributed by atoms with E-state index in [4.69, 9.17) is 0 Å². The van der Waals surface area contributed by atoms with Crippen molar-refractivity contribution >= 4 is 21.8 Å². The van der Waals surface area contributed by atoms with Gasteiger partial charge >= 0.3 is 0 Å².